The van der Waals surface area contributed by atoms with Gasteiger partial charge in [0.2, 0.25) is 0 Å². The van der Waals surface area contributed by atoms with E-state index in [9.17, 15) is 0 Å². The number of aromatic nitrogens is 3. The van der Waals surface area contributed by atoms with Crippen molar-refractivity contribution >= 4 is 18.0 Å². The van der Waals surface area contributed by atoms with Gasteiger partial charge in [0, 0.05) is 7.11 Å². The number of benzene rings is 1. The second-order valence-electron chi connectivity index (χ2n) is 5.28. The minimum Gasteiger partial charge on any atom is -0.382 e. The summed E-state index contributed by atoms with van der Waals surface area (Å²) < 4.78 is 12.4. The third kappa shape index (κ3) is 5.52. The van der Waals surface area contributed by atoms with E-state index in [-0.39, 0.29) is 0 Å². The molecule has 0 amide bonds. The molecule has 25 heavy (non-hydrogen) atoms. The van der Waals surface area contributed by atoms with E-state index in [0.717, 1.165) is 27.7 Å². The Kier molecular flexibility index (Phi) is 7.84. The van der Waals surface area contributed by atoms with Crippen molar-refractivity contribution in [2.24, 2.45) is 4.99 Å². The fraction of sp³-hybridized carbons (Fsp3) is 0.389. The van der Waals surface area contributed by atoms with Crippen LogP contribution in [0, 0.1) is 6.92 Å². The number of allylic oxidation sites excluding steroid dienone is 1. The van der Waals surface area contributed by atoms with Gasteiger partial charge in [-0.05, 0) is 37.8 Å². The standard InChI is InChI=1S/C18H24N4O2S/c1-5-18(25-4)19-12-17-14(2)22(21-20-17)16-8-6-7-15(11-16)13-24-10-9-23-3/h5-8,11-12H,9-10,13H2,1-4H3/b18-5?,19-12-. The van der Waals surface area contributed by atoms with Crippen LogP contribution in [0.5, 0.6) is 0 Å². The van der Waals surface area contributed by atoms with Crippen molar-refractivity contribution in [1.82, 2.24) is 15.0 Å². The highest BCUT2D eigenvalue weighted by Crippen LogP contribution is 2.16. The van der Waals surface area contributed by atoms with Gasteiger partial charge in [-0.15, -0.1) is 16.9 Å². The minimum absolute atomic E-state index is 0.539. The number of ether oxygens (including phenoxy) is 2. The summed E-state index contributed by atoms with van der Waals surface area (Å²) in [5.74, 6) is 0. The van der Waals surface area contributed by atoms with Gasteiger partial charge in [0.25, 0.3) is 0 Å². The van der Waals surface area contributed by atoms with E-state index in [1.807, 2.05) is 49.1 Å². The molecule has 2 rings (SSSR count). The number of hydrogen-bond acceptors (Lipinski definition) is 6. The van der Waals surface area contributed by atoms with Crippen LogP contribution in [0.3, 0.4) is 0 Å². The number of methoxy groups -OCH3 is 1. The first kappa shape index (κ1) is 19.4. The SMILES string of the molecule is CC=C(/N=C\c1nnn(-c2cccc(COCCOC)c2)c1C)SC. The Balaban J connectivity index is 2.14. The molecule has 0 radical (unpaired) electrons. The first-order valence-electron chi connectivity index (χ1n) is 8.02. The Morgan fingerprint density at radius 3 is 2.92 bits per heavy atom. The number of hydrogen-bond donors (Lipinski definition) is 0. The molecular formula is C18H24N4O2S. The second-order valence-corrected chi connectivity index (χ2v) is 6.10. The van der Waals surface area contributed by atoms with Crippen LogP contribution in [0.2, 0.25) is 0 Å². The molecule has 0 atom stereocenters. The van der Waals surface area contributed by atoms with Gasteiger partial charge in [-0.1, -0.05) is 23.4 Å². The van der Waals surface area contributed by atoms with Crippen molar-refractivity contribution in [3.8, 4) is 5.69 Å². The predicted octanol–water partition coefficient (Wildman–Crippen LogP) is 3.38. The topological polar surface area (TPSA) is 61.5 Å². The molecule has 0 aliphatic heterocycles. The van der Waals surface area contributed by atoms with Crippen molar-refractivity contribution in [3.63, 3.8) is 0 Å². The molecule has 0 saturated heterocycles. The highest BCUT2D eigenvalue weighted by molar-refractivity contribution is 8.02. The van der Waals surface area contributed by atoms with E-state index in [4.69, 9.17) is 9.47 Å². The van der Waals surface area contributed by atoms with Gasteiger partial charge in [-0.3, -0.25) is 0 Å². The van der Waals surface area contributed by atoms with Crippen LogP contribution in [0.4, 0.5) is 0 Å². The minimum atomic E-state index is 0.539. The lowest BCUT2D eigenvalue weighted by Crippen LogP contribution is -2.03. The van der Waals surface area contributed by atoms with E-state index in [0.29, 0.717) is 19.8 Å². The molecule has 0 spiro atoms. The lowest BCUT2D eigenvalue weighted by atomic mass is 10.2. The molecule has 2 aromatic rings. The van der Waals surface area contributed by atoms with Crippen molar-refractivity contribution < 1.29 is 9.47 Å². The quantitative estimate of drug-likeness (QED) is 0.507. The number of aliphatic imine (C=N–C) groups is 1. The molecule has 6 nitrogen and oxygen atoms in total. The predicted molar refractivity (Wildman–Crippen MR) is 102 cm³/mol. The van der Waals surface area contributed by atoms with E-state index in [2.05, 4.69) is 21.4 Å². The van der Waals surface area contributed by atoms with Crippen LogP contribution in [-0.2, 0) is 16.1 Å². The van der Waals surface area contributed by atoms with Crippen molar-refractivity contribution in [2.45, 2.75) is 20.5 Å². The van der Waals surface area contributed by atoms with Crippen LogP contribution in [-0.4, -0.2) is 47.8 Å². The molecule has 0 saturated carbocycles. The Morgan fingerprint density at radius 2 is 2.20 bits per heavy atom. The maximum atomic E-state index is 5.58. The summed E-state index contributed by atoms with van der Waals surface area (Å²) >= 11 is 1.60. The Hall–Kier alpha value is -1.96. The molecule has 1 aromatic heterocycles. The third-order valence-electron chi connectivity index (χ3n) is 3.56. The van der Waals surface area contributed by atoms with Crippen LogP contribution in [0.15, 0.2) is 40.4 Å². The summed E-state index contributed by atoms with van der Waals surface area (Å²) in [7, 11) is 1.66. The van der Waals surface area contributed by atoms with E-state index in [1.54, 1.807) is 25.1 Å². The molecule has 1 heterocycles. The van der Waals surface area contributed by atoms with Gasteiger partial charge in [-0.2, -0.15) is 0 Å². The van der Waals surface area contributed by atoms with Gasteiger partial charge in [0.15, 0.2) is 0 Å². The van der Waals surface area contributed by atoms with Crippen molar-refractivity contribution in [1.29, 1.82) is 0 Å². The monoisotopic (exact) mass is 360 g/mol. The maximum absolute atomic E-state index is 5.58. The molecule has 7 heteroatoms. The average molecular weight is 360 g/mol. The highest BCUT2D eigenvalue weighted by Gasteiger charge is 2.09. The van der Waals surface area contributed by atoms with Gasteiger partial charge in [0.05, 0.1) is 42.4 Å². The summed E-state index contributed by atoms with van der Waals surface area (Å²) in [6.45, 7) is 5.66. The van der Waals surface area contributed by atoms with E-state index in [1.165, 1.54) is 0 Å². The largest absolute Gasteiger partial charge is 0.382 e. The zero-order chi connectivity index (χ0) is 18.1. The number of rotatable bonds is 9. The van der Waals surface area contributed by atoms with Crippen molar-refractivity contribution in [3.05, 3.63) is 52.3 Å². The normalized spacial score (nSPS) is 12.2. The fourth-order valence-corrected chi connectivity index (χ4v) is 2.58. The van der Waals surface area contributed by atoms with Crippen molar-refractivity contribution in [2.75, 3.05) is 26.6 Å². The van der Waals surface area contributed by atoms with Crippen LogP contribution in [0.25, 0.3) is 5.69 Å². The fourth-order valence-electron chi connectivity index (χ4n) is 2.19. The first-order chi connectivity index (χ1) is 12.2. The average Bonchev–Trinajstić information content (AvgIpc) is 3.01. The van der Waals surface area contributed by atoms with Crippen LogP contribution >= 0.6 is 11.8 Å². The molecule has 0 fully saturated rings. The smallest absolute Gasteiger partial charge is 0.127 e. The molecule has 1 aromatic carbocycles. The zero-order valence-electron chi connectivity index (χ0n) is 15.1. The van der Waals surface area contributed by atoms with E-state index < -0.39 is 0 Å². The van der Waals surface area contributed by atoms with Gasteiger partial charge in [-0.25, -0.2) is 9.67 Å². The van der Waals surface area contributed by atoms with Gasteiger partial charge < -0.3 is 9.47 Å². The summed E-state index contributed by atoms with van der Waals surface area (Å²) in [5, 5.41) is 9.43. The summed E-state index contributed by atoms with van der Waals surface area (Å²) in [5.41, 5.74) is 3.74. The highest BCUT2D eigenvalue weighted by atomic mass is 32.2. The molecular weight excluding hydrogens is 336 g/mol. The first-order valence-corrected chi connectivity index (χ1v) is 9.24. The van der Waals surface area contributed by atoms with Gasteiger partial charge >= 0.3 is 0 Å². The number of nitrogens with zero attached hydrogens (tertiary/aromatic N) is 4. The second kappa shape index (κ2) is 10.1. The molecule has 0 aliphatic carbocycles. The molecule has 0 N–H and O–H groups in total. The molecule has 0 bridgehead atoms. The lowest BCUT2D eigenvalue weighted by Gasteiger charge is -2.07. The summed E-state index contributed by atoms with van der Waals surface area (Å²) in [6, 6.07) is 8.07. The summed E-state index contributed by atoms with van der Waals surface area (Å²) in [6.07, 6.45) is 5.72. The number of thioether (sulfide) groups is 1. The third-order valence-corrected chi connectivity index (χ3v) is 4.32. The zero-order valence-corrected chi connectivity index (χ0v) is 15.9. The molecule has 134 valence electrons. The Bertz CT molecular complexity index is 740. The summed E-state index contributed by atoms with van der Waals surface area (Å²) in [4.78, 5) is 4.43. The van der Waals surface area contributed by atoms with Crippen LogP contribution in [0.1, 0.15) is 23.9 Å². The van der Waals surface area contributed by atoms with Crippen LogP contribution < -0.4 is 0 Å². The maximum Gasteiger partial charge on any atom is 0.127 e. The molecule has 0 unspecified atom stereocenters. The Morgan fingerprint density at radius 1 is 1.36 bits per heavy atom. The molecule has 0 aliphatic rings. The Labute approximate surface area is 152 Å². The lowest BCUT2D eigenvalue weighted by molar-refractivity contribution is 0.0616. The van der Waals surface area contributed by atoms with Gasteiger partial charge in [0.1, 0.15) is 5.69 Å². The van der Waals surface area contributed by atoms with E-state index >= 15 is 0 Å².